The van der Waals surface area contributed by atoms with Gasteiger partial charge in [0.25, 0.3) is 12.2 Å². The maximum absolute atomic E-state index is 12.1. The van der Waals surface area contributed by atoms with E-state index in [2.05, 4.69) is 5.32 Å². The van der Waals surface area contributed by atoms with E-state index in [0.717, 1.165) is 23.3 Å². The van der Waals surface area contributed by atoms with E-state index in [4.69, 9.17) is 10.5 Å². The zero-order chi connectivity index (χ0) is 23.4. The molecular formula is C23H26F4N2O2. The summed E-state index contributed by atoms with van der Waals surface area (Å²) in [5, 5.41) is 2.57. The number of amides is 1. The van der Waals surface area contributed by atoms with Crippen molar-refractivity contribution in [3.8, 4) is 0 Å². The van der Waals surface area contributed by atoms with Crippen molar-refractivity contribution in [1.29, 1.82) is 0 Å². The first kappa shape index (κ1) is 25.9. The topological polar surface area (TPSA) is 64.3 Å². The highest BCUT2D eigenvalue weighted by Crippen LogP contribution is 2.12. The first-order valence-corrected chi connectivity index (χ1v) is 9.38. The minimum absolute atomic E-state index is 0.227. The summed E-state index contributed by atoms with van der Waals surface area (Å²) in [5.74, 6) is 0. The van der Waals surface area contributed by atoms with Crippen LogP contribution in [0.25, 0.3) is 12.2 Å². The molecule has 0 saturated carbocycles. The lowest BCUT2D eigenvalue weighted by molar-refractivity contribution is 0.0523. The van der Waals surface area contributed by atoms with Gasteiger partial charge in [-0.05, 0) is 49.1 Å². The van der Waals surface area contributed by atoms with Crippen LogP contribution in [0.2, 0.25) is 0 Å². The van der Waals surface area contributed by atoms with Gasteiger partial charge in [-0.25, -0.2) is 4.79 Å². The number of nitrogens with two attached hydrogens (primary N) is 1. The Morgan fingerprint density at radius 2 is 1.42 bits per heavy atom. The van der Waals surface area contributed by atoms with Crippen LogP contribution in [-0.2, 0) is 17.8 Å². The Bertz CT molecular complexity index is 914. The van der Waals surface area contributed by atoms with Gasteiger partial charge in [0.15, 0.2) is 0 Å². The van der Waals surface area contributed by atoms with Gasteiger partial charge in [-0.2, -0.15) is 17.6 Å². The first-order valence-electron chi connectivity index (χ1n) is 9.38. The summed E-state index contributed by atoms with van der Waals surface area (Å²) in [6.07, 6.45) is -2.39. The van der Waals surface area contributed by atoms with E-state index >= 15 is 0 Å². The first-order chi connectivity index (χ1) is 14.5. The fourth-order valence-corrected chi connectivity index (χ4v) is 2.34. The van der Waals surface area contributed by atoms with E-state index < -0.39 is 23.9 Å². The molecule has 1 amide bonds. The van der Waals surface area contributed by atoms with Crippen molar-refractivity contribution in [2.24, 2.45) is 5.73 Å². The second-order valence-corrected chi connectivity index (χ2v) is 7.42. The molecule has 0 fully saturated rings. The van der Waals surface area contributed by atoms with Gasteiger partial charge in [0.05, 0.1) is 0 Å². The standard InChI is InChI=1S/C14H17F2NO2.C9H9F2N/c1-14(2,3)19-13(18)17-9-11-6-4-5-10(7-11)8-12(15)16;10-9(11)5-7-2-1-3-8(4-7)6-12/h4-8H,9H2,1-3H3,(H,17,18);1-5H,6,12H2. The van der Waals surface area contributed by atoms with E-state index in [-0.39, 0.29) is 6.54 Å². The molecule has 0 aliphatic heterocycles. The van der Waals surface area contributed by atoms with Crippen molar-refractivity contribution in [2.45, 2.75) is 39.5 Å². The summed E-state index contributed by atoms with van der Waals surface area (Å²) in [6, 6.07) is 13.3. The molecule has 4 nitrogen and oxygen atoms in total. The number of ether oxygens (including phenoxy) is 1. The van der Waals surface area contributed by atoms with Crippen molar-refractivity contribution in [2.75, 3.05) is 0 Å². The Morgan fingerprint density at radius 1 is 0.935 bits per heavy atom. The summed E-state index contributed by atoms with van der Waals surface area (Å²) in [6.45, 7) is 5.89. The second-order valence-electron chi connectivity index (χ2n) is 7.42. The summed E-state index contributed by atoms with van der Waals surface area (Å²) in [7, 11) is 0. The van der Waals surface area contributed by atoms with Crippen molar-refractivity contribution < 1.29 is 27.1 Å². The van der Waals surface area contributed by atoms with Crippen molar-refractivity contribution >= 4 is 18.2 Å². The predicted octanol–water partition coefficient (Wildman–Crippen LogP) is 6.33. The number of carbonyl (C=O) groups is 1. The lowest BCUT2D eigenvalue weighted by Crippen LogP contribution is -2.32. The summed E-state index contributed by atoms with van der Waals surface area (Å²) in [4.78, 5) is 11.4. The molecule has 0 unspecified atom stereocenters. The van der Waals surface area contributed by atoms with Crippen LogP contribution in [0, 0.1) is 0 Å². The van der Waals surface area contributed by atoms with Crippen molar-refractivity contribution in [1.82, 2.24) is 5.32 Å². The highest BCUT2D eigenvalue weighted by molar-refractivity contribution is 5.67. The predicted molar refractivity (Wildman–Crippen MR) is 114 cm³/mol. The minimum atomic E-state index is -1.75. The second kappa shape index (κ2) is 12.5. The number of nitrogens with one attached hydrogen (secondary N) is 1. The van der Waals surface area contributed by atoms with E-state index in [1.54, 1.807) is 69.3 Å². The number of carbonyl (C=O) groups excluding carboxylic acids is 1. The Balaban J connectivity index is 0.000000343. The quantitative estimate of drug-likeness (QED) is 0.536. The number of hydrogen-bond acceptors (Lipinski definition) is 3. The molecule has 0 atom stereocenters. The summed E-state index contributed by atoms with van der Waals surface area (Å²) < 4.78 is 52.9. The third-order valence-corrected chi connectivity index (χ3v) is 3.53. The van der Waals surface area contributed by atoms with Crippen LogP contribution in [0.1, 0.15) is 43.0 Å². The Labute approximate surface area is 179 Å². The van der Waals surface area contributed by atoms with Gasteiger partial charge < -0.3 is 15.8 Å². The molecule has 3 N–H and O–H groups in total. The molecule has 0 saturated heterocycles. The molecule has 0 bridgehead atoms. The Morgan fingerprint density at radius 3 is 1.87 bits per heavy atom. The number of hydrogen-bond donors (Lipinski definition) is 2. The van der Waals surface area contributed by atoms with E-state index in [1.165, 1.54) is 0 Å². The van der Waals surface area contributed by atoms with Crippen LogP contribution in [0.3, 0.4) is 0 Å². The summed E-state index contributed by atoms with van der Waals surface area (Å²) in [5.41, 5.74) is 7.23. The minimum Gasteiger partial charge on any atom is -0.444 e. The van der Waals surface area contributed by atoms with Gasteiger partial charge in [-0.1, -0.05) is 42.5 Å². The molecular weight excluding hydrogens is 412 g/mol. The molecule has 2 rings (SSSR count). The fourth-order valence-electron chi connectivity index (χ4n) is 2.34. The van der Waals surface area contributed by atoms with Gasteiger partial charge >= 0.3 is 6.09 Å². The maximum Gasteiger partial charge on any atom is 0.407 e. The third kappa shape index (κ3) is 12.2. The Kier molecular flexibility index (Phi) is 10.5. The molecule has 8 heteroatoms. The van der Waals surface area contributed by atoms with Gasteiger partial charge in [0.2, 0.25) is 0 Å². The monoisotopic (exact) mass is 438 g/mol. The SMILES string of the molecule is CC(C)(C)OC(=O)NCc1cccc(C=C(F)F)c1.NCc1cccc(C=C(F)F)c1. The average Bonchev–Trinajstić information content (AvgIpc) is 2.65. The van der Waals surface area contributed by atoms with Crippen molar-refractivity contribution in [3.63, 3.8) is 0 Å². The highest BCUT2D eigenvalue weighted by atomic mass is 19.3. The normalized spacial score (nSPS) is 10.3. The average molecular weight is 438 g/mol. The molecule has 0 aromatic heterocycles. The lowest BCUT2D eigenvalue weighted by atomic mass is 10.1. The van der Waals surface area contributed by atoms with Crippen LogP contribution in [0.5, 0.6) is 0 Å². The van der Waals surface area contributed by atoms with E-state index in [0.29, 0.717) is 17.7 Å². The van der Waals surface area contributed by atoms with E-state index in [9.17, 15) is 22.4 Å². The van der Waals surface area contributed by atoms with Crippen LogP contribution in [0.15, 0.2) is 60.7 Å². The van der Waals surface area contributed by atoms with Crippen LogP contribution in [0.4, 0.5) is 22.4 Å². The smallest absolute Gasteiger partial charge is 0.407 e. The van der Waals surface area contributed by atoms with Crippen LogP contribution >= 0.6 is 0 Å². The van der Waals surface area contributed by atoms with Gasteiger partial charge in [-0.3, -0.25) is 0 Å². The highest BCUT2D eigenvalue weighted by Gasteiger charge is 2.15. The maximum atomic E-state index is 12.1. The molecule has 0 aliphatic carbocycles. The van der Waals surface area contributed by atoms with Crippen LogP contribution < -0.4 is 11.1 Å². The van der Waals surface area contributed by atoms with Gasteiger partial charge in [0, 0.05) is 25.2 Å². The van der Waals surface area contributed by atoms with Crippen molar-refractivity contribution in [3.05, 3.63) is 82.9 Å². The zero-order valence-electron chi connectivity index (χ0n) is 17.6. The lowest BCUT2D eigenvalue weighted by Gasteiger charge is -2.19. The third-order valence-electron chi connectivity index (χ3n) is 3.53. The van der Waals surface area contributed by atoms with Gasteiger partial charge in [0.1, 0.15) is 5.60 Å². The summed E-state index contributed by atoms with van der Waals surface area (Å²) >= 11 is 0. The molecule has 31 heavy (non-hydrogen) atoms. The zero-order valence-corrected chi connectivity index (χ0v) is 17.6. The number of rotatable bonds is 5. The molecule has 168 valence electrons. The largest absolute Gasteiger partial charge is 0.444 e. The fraction of sp³-hybridized carbons (Fsp3) is 0.261. The number of halogens is 4. The molecule has 0 spiro atoms. The Hall–Kier alpha value is -3.13. The molecule has 0 heterocycles. The molecule has 0 aliphatic rings. The van der Waals surface area contributed by atoms with Crippen LogP contribution in [-0.4, -0.2) is 11.7 Å². The molecule has 2 aromatic rings. The number of alkyl carbamates (subject to hydrolysis) is 1. The van der Waals surface area contributed by atoms with Gasteiger partial charge in [-0.15, -0.1) is 0 Å². The molecule has 2 aromatic carbocycles. The molecule has 0 radical (unpaired) electrons. The number of benzene rings is 2. The van der Waals surface area contributed by atoms with E-state index in [1.807, 2.05) is 0 Å².